The van der Waals surface area contributed by atoms with Crippen LogP contribution in [0.5, 0.6) is 0 Å². The second-order valence-electron chi connectivity index (χ2n) is 7.97. The first-order chi connectivity index (χ1) is 15.6. The Kier molecular flexibility index (Phi) is 6.54. The van der Waals surface area contributed by atoms with Gasteiger partial charge in [-0.05, 0) is 67.3 Å². The molecule has 0 atom stereocenters. The molecule has 0 aliphatic heterocycles. The van der Waals surface area contributed by atoms with Crippen molar-refractivity contribution in [1.82, 2.24) is 10.6 Å². The molecule has 0 spiro atoms. The first-order valence-corrected chi connectivity index (χ1v) is 10.8. The quantitative estimate of drug-likeness (QED) is 0.361. The van der Waals surface area contributed by atoms with E-state index in [2.05, 4.69) is 20.9 Å². The number of amides is 1. The lowest BCUT2D eigenvalue weighted by atomic mass is 9.96. The van der Waals surface area contributed by atoms with Crippen LogP contribution in [0.25, 0.3) is 0 Å². The van der Waals surface area contributed by atoms with Gasteiger partial charge in [0.2, 0.25) is 0 Å². The molecule has 3 aromatic rings. The molecule has 1 amide bonds. The third kappa shape index (κ3) is 5.35. The van der Waals surface area contributed by atoms with Crippen LogP contribution in [0, 0.1) is 5.82 Å². The van der Waals surface area contributed by atoms with E-state index in [1.807, 2.05) is 37.3 Å². The average Bonchev–Trinajstić information content (AvgIpc) is 3.38. The van der Waals surface area contributed by atoms with E-state index in [-0.39, 0.29) is 22.9 Å². The minimum absolute atomic E-state index is 0.0334. The van der Waals surface area contributed by atoms with Crippen LogP contribution in [0.3, 0.4) is 0 Å². The highest BCUT2D eigenvalue weighted by atomic mass is 19.1. The number of halogens is 1. The molecule has 1 aromatic heterocycles. The minimum atomic E-state index is -0.294. The van der Waals surface area contributed by atoms with Gasteiger partial charge in [0.05, 0.1) is 12.8 Å². The summed E-state index contributed by atoms with van der Waals surface area (Å²) in [6, 6.07) is 17.7. The Morgan fingerprint density at radius 2 is 1.94 bits per heavy atom. The lowest BCUT2D eigenvalue weighted by Crippen LogP contribution is -2.41. The second-order valence-corrected chi connectivity index (χ2v) is 7.97. The first kappa shape index (κ1) is 21.6. The van der Waals surface area contributed by atoms with E-state index < -0.39 is 0 Å². The number of benzene rings is 2. The molecule has 32 heavy (non-hydrogen) atoms. The molecule has 3 N–H and O–H groups in total. The van der Waals surface area contributed by atoms with Crippen molar-refractivity contribution in [2.75, 3.05) is 18.4 Å². The number of hydrogen-bond acceptors (Lipinski definition) is 3. The van der Waals surface area contributed by atoms with Gasteiger partial charge in [-0.3, -0.25) is 4.79 Å². The maximum atomic E-state index is 13.7. The first-order valence-electron chi connectivity index (χ1n) is 10.8. The van der Waals surface area contributed by atoms with Gasteiger partial charge < -0.3 is 20.4 Å². The van der Waals surface area contributed by atoms with Gasteiger partial charge in [0.25, 0.3) is 5.91 Å². The van der Waals surface area contributed by atoms with Gasteiger partial charge in [-0.25, -0.2) is 9.38 Å². The minimum Gasteiger partial charge on any atom is -0.459 e. The molecule has 0 unspecified atom stereocenters. The fraction of sp³-hybridized carbons (Fsp3) is 0.280. The smallest absolute Gasteiger partial charge is 0.291 e. The zero-order valence-electron chi connectivity index (χ0n) is 18.0. The maximum Gasteiger partial charge on any atom is 0.291 e. The molecule has 1 heterocycles. The molecule has 6 nitrogen and oxygen atoms in total. The molecule has 0 saturated heterocycles. The largest absolute Gasteiger partial charge is 0.459 e. The van der Waals surface area contributed by atoms with Crippen LogP contribution >= 0.6 is 0 Å². The zero-order chi connectivity index (χ0) is 22.4. The summed E-state index contributed by atoms with van der Waals surface area (Å²) in [5, 5.41) is 9.51. The van der Waals surface area contributed by atoms with Gasteiger partial charge in [-0.1, -0.05) is 24.3 Å². The molecule has 0 bridgehead atoms. The Morgan fingerprint density at radius 3 is 2.66 bits per heavy atom. The van der Waals surface area contributed by atoms with Crippen LogP contribution in [0.1, 0.15) is 41.4 Å². The number of carbonyl (C=O) groups excluding carboxylic acids is 1. The Bertz CT molecular complexity index is 1090. The van der Waals surface area contributed by atoms with Crippen molar-refractivity contribution >= 4 is 17.6 Å². The van der Waals surface area contributed by atoms with Crippen molar-refractivity contribution < 1.29 is 13.6 Å². The molecule has 166 valence electrons. The number of rotatable bonds is 8. The predicted molar refractivity (Wildman–Crippen MR) is 123 cm³/mol. The molecule has 4 rings (SSSR count). The van der Waals surface area contributed by atoms with Gasteiger partial charge in [-0.15, -0.1) is 0 Å². The fourth-order valence-corrected chi connectivity index (χ4v) is 3.65. The molecule has 1 fully saturated rings. The van der Waals surface area contributed by atoms with Gasteiger partial charge >= 0.3 is 0 Å². The highest BCUT2D eigenvalue weighted by molar-refractivity contribution is 6.02. The highest BCUT2D eigenvalue weighted by Crippen LogP contribution is 2.47. The lowest BCUT2D eigenvalue weighted by Gasteiger charge is -2.19. The number of nitrogens with one attached hydrogen (secondary N) is 3. The number of guanidine groups is 1. The number of hydrogen-bond donors (Lipinski definition) is 3. The van der Waals surface area contributed by atoms with E-state index in [1.165, 1.54) is 12.3 Å². The predicted octanol–water partition coefficient (Wildman–Crippen LogP) is 4.46. The van der Waals surface area contributed by atoms with Crippen molar-refractivity contribution in [1.29, 1.82) is 0 Å². The number of furan rings is 1. The third-order valence-corrected chi connectivity index (χ3v) is 5.58. The molecule has 1 aliphatic carbocycles. The Hall–Kier alpha value is -3.61. The van der Waals surface area contributed by atoms with Gasteiger partial charge in [-0.2, -0.15) is 0 Å². The van der Waals surface area contributed by atoms with Gasteiger partial charge in [0.15, 0.2) is 11.7 Å². The van der Waals surface area contributed by atoms with Crippen LogP contribution < -0.4 is 16.0 Å². The molecule has 2 aromatic carbocycles. The average molecular weight is 435 g/mol. The summed E-state index contributed by atoms with van der Waals surface area (Å²) in [6.45, 7) is 3.90. The summed E-state index contributed by atoms with van der Waals surface area (Å²) in [5.74, 6) is 0.477. The van der Waals surface area contributed by atoms with E-state index in [0.29, 0.717) is 24.7 Å². The third-order valence-electron chi connectivity index (χ3n) is 5.58. The fourth-order valence-electron chi connectivity index (χ4n) is 3.65. The molecular formula is C25H27FN4O2. The van der Waals surface area contributed by atoms with Crippen LogP contribution in [-0.4, -0.2) is 25.0 Å². The standard InChI is InChI=1S/C25H27FN4O2/c1-2-27-24(29-17-25(11-12-25)19-7-4-8-20(26)15-19)28-16-18-6-3-9-21(14-18)30-23(31)22-10-5-13-32-22/h3-10,13-15H,2,11-12,16-17H2,1H3,(H,30,31)(H2,27,28,29). The van der Waals surface area contributed by atoms with Crippen molar-refractivity contribution in [3.05, 3.63) is 89.6 Å². The molecule has 1 aliphatic rings. The topological polar surface area (TPSA) is 78.7 Å². The van der Waals surface area contributed by atoms with E-state index in [9.17, 15) is 9.18 Å². The molecule has 1 saturated carbocycles. The number of aliphatic imine (C=N–C) groups is 1. The number of nitrogens with zero attached hydrogens (tertiary/aromatic N) is 1. The van der Waals surface area contributed by atoms with Gasteiger partial charge in [0, 0.05) is 24.2 Å². The van der Waals surface area contributed by atoms with Crippen molar-refractivity contribution in [2.45, 2.75) is 31.7 Å². The maximum absolute atomic E-state index is 13.7. The van der Waals surface area contributed by atoms with E-state index in [1.54, 1.807) is 24.3 Å². The summed E-state index contributed by atoms with van der Waals surface area (Å²) >= 11 is 0. The molecule has 7 heteroatoms. The molecule has 0 radical (unpaired) electrons. The van der Waals surface area contributed by atoms with Crippen molar-refractivity contribution in [3.8, 4) is 0 Å². The van der Waals surface area contributed by atoms with Crippen LogP contribution in [0.2, 0.25) is 0 Å². The summed E-state index contributed by atoms with van der Waals surface area (Å²) in [4.78, 5) is 16.9. The lowest BCUT2D eigenvalue weighted by molar-refractivity contribution is 0.0996. The van der Waals surface area contributed by atoms with Crippen molar-refractivity contribution in [2.24, 2.45) is 4.99 Å². The number of carbonyl (C=O) groups is 1. The Balaban J connectivity index is 1.38. The SMILES string of the molecule is CCNC(=NCc1cccc(NC(=O)c2ccco2)c1)NCC1(c2cccc(F)c2)CC1. The highest BCUT2D eigenvalue weighted by Gasteiger charge is 2.44. The van der Waals surface area contributed by atoms with Crippen LogP contribution in [0.4, 0.5) is 10.1 Å². The summed E-state index contributed by atoms with van der Waals surface area (Å²) < 4.78 is 18.8. The van der Waals surface area contributed by atoms with E-state index >= 15 is 0 Å². The van der Waals surface area contributed by atoms with E-state index in [0.717, 1.165) is 30.5 Å². The number of anilines is 1. The van der Waals surface area contributed by atoms with Crippen molar-refractivity contribution in [3.63, 3.8) is 0 Å². The monoisotopic (exact) mass is 434 g/mol. The second kappa shape index (κ2) is 9.68. The Morgan fingerprint density at radius 1 is 1.09 bits per heavy atom. The summed E-state index contributed by atoms with van der Waals surface area (Å²) in [6.07, 6.45) is 3.52. The Labute approximate surface area is 186 Å². The van der Waals surface area contributed by atoms with E-state index in [4.69, 9.17) is 4.42 Å². The normalized spacial score (nSPS) is 14.6. The summed E-state index contributed by atoms with van der Waals surface area (Å²) in [7, 11) is 0. The zero-order valence-corrected chi connectivity index (χ0v) is 18.0. The van der Waals surface area contributed by atoms with Crippen LogP contribution in [-0.2, 0) is 12.0 Å². The van der Waals surface area contributed by atoms with Crippen LogP contribution in [0.15, 0.2) is 76.3 Å². The summed E-state index contributed by atoms with van der Waals surface area (Å²) in [5.41, 5.74) is 2.64. The van der Waals surface area contributed by atoms with Gasteiger partial charge in [0.1, 0.15) is 5.82 Å². The molecular weight excluding hydrogens is 407 g/mol.